The van der Waals surface area contributed by atoms with E-state index in [0.29, 0.717) is 9.99 Å². The van der Waals surface area contributed by atoms with Gasteiger partial charge in [-0.2, -0.15) is 0 Å². The van der Waals surface area contributed by atoms with Crippen LogP contribution in [0.5, 0.6) is 0 Å². The van der Waals surface area contributed by atoms with Crippen LogP contribution in [0, 0.1) is 0 Å². The third-order valence-electron chi connectivity index (χ3n) is 3.95. The molecule has 124 valence electrons. The van der Waals surface area contributed by atoms with Gasteiger partial charge in [0.15, 0.2) is 0 Å². The molecule has 1 aliphatic carbocycles. The summed E-state index contributed by atoms with van der Waals surface area (Å²) in [6.07, 6.45) is 4.32. The molecule has 0 N–H and O–H groups in total. The summed E-state index contributed by atoms with van der Waals surface area (Å²) < 4.78 is 7.31. The van der Waals surface area contributed by atoms with Gasteiger partial charge in [-0.25, -0.2) is 14.8 Å². The highest BCUT2D eigenvalue weighted by Crippen LogP contribution is 2.33. The SMILES string of the molecule is CCOC(=O)c1c2c(n3cc(Br)ccc13)C(=O)c1nccnc1C2=O. The number of nitrogens with zero attached hydrogens (tertiary/aromatic N) is 3. The van der Waals surface area contributed by atoms with E-state index in [2.05, 4.69) is 25.9 Å². The first-order chi connectivity index (χ1) is 12.0. The Balaban J connectivity index is 2.13. The highest BCUT2D eigenvalue weighted by atomic mass is 79.9. The van der Waals surface area contributed by atoms with Crippen molar-refractivity contribution in [1.29, 1.82) is 0 Å². The van der Waals surface area contributed by atoms with Gasteiger partial charge in [-0.3, -0.25) is 9.59 Å². The number of carbonyl (C=O) groups is 3. The Bertz CT molecular complexity index is 1090. The predicted molar refractivity (Wildman–Crippen MR) is 90.0 cm³/mol. The van der Waals surface area contributed by atoms with Gasteiger partial charge in [0.2, 0.25) is 11.6 Å². The Kier molecular flexibility index (Phi) is 3.50. The number of fused-ring (bicyclic) bond motifs is 4. The van der Waals surface area contributed by atoms with Crippen LogP contribution in [0.3, 0.4) is 0 Å². The molecule has 0 unspecified atom stereocenters. The first-order valence-electron chi connectivity index (χ1n) is 7.45. The van der Waals surface area contributed by atoms with Gasteiger partial charge < -0.3 is 9.14 Å². The summed E-state index contributed by atoms with van der Waals surface area (Å²) in [6, 6.07) is 3.38. The van der Waals surface area contributed by atoms with Gasteiger partial charge in [0.1, 0.15) is 17.1 Å². The zero-order valence-corrected chi connectivity index (χ0v) is 14.5. The van der Waals surface area contributed by atoms with Gasteiger partial charge in [0.05, 0.1) is 23.3 Å². The molecule has 0 spiro atoms. The topological polar surface area (TPSA) is 90.6 Å². The van der Waals surface area contributed by atoms with E-state index in [1.807, 2.05) is 0 Å². The largest absolute Gasteiger partial charge is 0.462 e. The van der Waals surface area contributed by atoms with E-state index in [1.165, 1.54) is 16.8 Å². The fourth-order valence-electron chi connectivity index (χ4n) is 2.99. The molecule has 0 aromatic carbocycles. The Morgan fingerprint density at radius 3 is 2.52 bits per heavy atom. The molecule has 0 saturated heterocycles. The minimum absolute atomic E-state index is 0.00884. The maximum atomic E-state index is 13.0. The summed E-state index contributed by atoms with van der Waals surface area (Å²) in [5.41, 5.74) is 0.516. The lowest BCUT2D eigenvalue weighted by Gasteiger charge is -2.13. The second kappa shape index (κ2) is 5.59. The van der Waals surface area contributed by atoms with E-state index in [1.54, 1.807) is 25.3 Å². The van der Waals surface area contributed by atoms with Crippen molar-refractivity contribution in [2.45, 2.75) is 6.92 Å². The van der Waals surface area contributed by atoms with E-state index in [0.717, 1.165) is 0 Å². The highest BCUT2D eigenvalue weighted by Gasteiger charge is 2.40. The lowest BCUT2D eigenvalue weighted by Crippen LogP contribution is -2.25. The van der Waals surface area contributed by atoms with Crippen LogP contribution < -0.4 is 0 Å². The molecular formula is C17H10BrN3O4. The van der Waals surface area contributed by atoms with Gasteiger partial charge in [-0.05, 0) is 35.0 Å². The van der Waals surface area contributed by atoms with E-state index < -0.39 is 17.5 Å². The van der Waals surface area contributed by atoms with Crippen LogP contribution in [0.4, 0.5) is 0 Å². The Labute approximate surface area is 149 Å². The smallest absolute Gasteiger partial charge is 0.341 e. The molecule has 7 nitrogen and oxygen atoms in total. The monoisotopic (exact) mass is 399 g/mol. The third-order valence-corrected chi connectivity index (χ3v) is 4.42. The molecule has 3 heterocycles. The maximum Gasteiger partial charge on any atom is 0.341 e. The van der Waals surface area contributed by atoms with Crippen molar-refractivity contribution in [2.24, 2.45) is 0 Å². The van der Waals surface area contributed by atoms with Crippen LogP contribution in [0.25, 0.3) is 5.52 Å². The molecule has 25 heavy (non-hydrogen) atoms. The fraction of sp³-hybridized carbons (Fsp3) is 0.118. The Morgan fingerprint density at radius 1 is 1.16 bits per heavy atom. The molecule has 4 rings (SSSR count). The molecule has 0 saturated carbocycles. The summed E-state index contributed by atoms with van der Waals surface area (Å²) in [6.45, 7) is 1.83. The molecule has 0 radical (unpaired) electrons. The number of rotatable bonds is 2. The molecule has 0 atom stereocenters. The standard InChI is InChI=1S/C17H10BrN3O4/c1-2-25-17(24)10-9-4-3-8(18)7-21(9)14-11(10)15(22)12-13(16(14)23)20-6-5-19-12/h3-7H,2H2,1H3. The molecule has 0 amide bonds. The zero-order valence-electron chi connectivity index (χ0n) is 12.9. The fourth-order valence-corrected chi connectivity index (χ4v) is 3.32. The van der Waals surface area contributed by atoms with Crippen LogP contribution in [0.15, 0.2) is 35.2 Å². The molecule has 1 aliphatic rings. The van der Waals surface area contributed by atoms with Crippen molar-refractivity contribution < 1.29 is 19.1 Å². The number of ketones is 2. The van der Waals surface area contributed by atoms with Crippen LogP contribution >= 0.6 is 15.9 Å². The lowest BCUT2D eigenvalue weighted by atomic mass is 9.92. The second-order valence-corrected chi connectivity index (χ2v) is 6.25. The molecule has 0 fully saturated rings. The van der Waals surface area contributed by atoms with Gasteiger partial charge in [-0.1, -0.05) is 0 Å². The van der Waals surface area contributed by atoms with Crippen molar-refractivity contribution in [3.05, 3.63) is 63.4 Å². The van der Waals surface area contributed by atoms with Crippen LogP contribution in [0.1, 0.15) is 49.5 Å². The van der Waals surface area contributed by atoms with E-state index in [9.17, 15) is 14.4 Å². The average Bonchev–Trinajstić information content (AvgIpc) is 2.94. The first kappa shape index (κ1) is 15.6. The minimum Gasteiger partial charge on any atom is -0.462 e. The first-order valence-corrected chi connectivity index (χ1v) is 8.25. The van der Waals surface area contributed by atoms with Crippen molar-refractivity contribution in [3.8, 4) is 0 Å². The van der Waals surface area contributed by atoms with Crippen molar-refractivity contribution >= 4 is 39.0 Å². The minimum atomic E-state index is -0.655. The average molecular weight is 400 g/mol. The molecule has 8 heteroatoms. The maximum absolute atomic E-state index is 13.0. The van der Waals surface area contributed by atoms with Crippen LogP contribution in [-0.2, 0) is 4.74 Å². The second-order valence-electron chi connectivity index (χ2n) is 5.33. The van der Waals surface area contributed by atoms with Gasteiger partial charge in [0, 0.05) is 23.1 Å². The summed E-state index contributed by atoms with van der Waals surface area (Å²) in [5.74, 6) is -1.63. The van der Waals surface area contributed by atoms with Crippen molar-refractivity contribution in [2.75, 3.05) is 6.61 Å². The summed E-state index contributed by atoms with van der Waals surface area (Å²) in [5, 5.41) is 0. The van der Waals surface area contributed by atoms with Crippen molar-refractivity contribution in [1.82, 2.24) is 14.4 Å². The highest BCUT2D eigenvalue weighted by molar-refractivity contribution is 9.10. The number of pyridine rings is 1. The summed E-state index contributed by atoms with van der Waals surface area (Å²) in [4.78, 5) is 46.3. The number of aromatic nitrogens is 3. The van der Waals surface area contributed by atoms with Crippen molar-refractivity contribution in [3.63, 3.8) is 0 Å². The number of hydrogen-bond acceptors (Lipinski definition) is 6. The normalized spacial score (nSPS) is 12.9. The number of halogens is 1. The summed E-state index contributed by atoms with van der Waals surface area (Å²) in [7, 11) is 0. The van der Waals surface area contributed by atoms with E-state index in [4.69, 9.17) is 4.74 Å². The van der Waals surface area contributed by atoms with Crippen LogP contribution in [0.2, 0.25) is 0 Å². The van der Waals surface area contributed by atoms with Gasteiger partial charge in [-0.15, -0.1) is 0 Å². The quantitative estimate of drug-likeness (QED) is 0.480. The third kappa shape index (κ3) is 2.14. The Hall–Kier alpha value is -2.87. The lowest BCUT2D eigenvalue weighted by molar-refractivity contribution is 0.0526. The van der Waals surface area contributed by atoms with E-state index in [-0.39, 0.29) is 34.8 Å². The predicted octanol–water partition coefficient (Wildman–Crippen LogP) is 2.44. The zero-order chi connectivity index (χ0) is 17.7. The van der Waals surface area contributed by atoms with Gasteiger partial charge in [0.25, 0.3) is 0 Å². The van der Waals surface area contributed by atoms with Gasteiger partial charge >= 0.3 is 5.97 Å². The molecular weight excluding hydrogens is 390 g/mol. The van der Waals surface area contributed by atoms with E-state index >= 15 is 0 Å². The molecule has 0 aliphatic heterocycles. The molecule has 3 aromatic rings. The number of ether oxygens (including phenoxy) is 1. The number of hydrogen-bond donors (Lipinski definition) is 0. The van der Waals surface area contributed by atoms with Crippen LogP contribution in [-0.4, -0.2) is 38.5 Å². The number of carbonyl (C=O) groups excluding carboxylic acids is 3. The molecule has 0 bridgehead atoms. The molecule has 3 aromatic heterocycles. The number of esters is 1. The Morgan fingerprint density at radius 2 is 1.84 bits per heavy atom. The summed E-state index contributed by atoms with van der Waals surface area (Å²) >= 11 is 3.34.